The molecule has 1 aromatic carbocycles. The van der Waals surface area contributed by atoms with Crippen LogP contribution in [0.1, 0.15) is 18.9 Å². The molecule has 0 aromatic heterocycles. The Bertz CT molecular complexity index is 468. The number of hydrogen-bond donors (Lipinski definition) is 1. The van der Waals surface area contributed by atoms with Gasteiger partial charge in [-0.15, -0.1) is 0 Å². The molecular formula is C16H25BrN2O2. The van der Waals surface area contributed by atoms with E-state index in [1.54, 1.807) is 14.2 Å². The maximum Gasteiger partial charge on any atom is 0.174 e. The summed E-state index contributed by atoms with van der Waals surface area (Å²) in [5.41, 5.74) is 1.20. The first-order chi connectivity index (χ1) is 10.2. The van der Waals surface area contributed by atoms with Crippen LogP contribution in [0.5, 0.6) is 11.5 Å². The highest BCUT2D eigenvalue weighted by Gasteiger charge is 2.20. The van der Waals surface area contributed by atoms with Gasteiger partial charge < -0.3 is 19.7 Å². The van der Waals surface area contributed by atoms with Gasteiger partial charge in [-0.3, -0.25) is 0 Å². The summed E-state index contributed by atoms with van der Waals surface area (Å²) in [4.78, 5) is 2.51. The molecule has 0 aliphatic carbocycles. The smallest absolute Gasteiger partial charge is 0.174 e. The number of likely N-dealkylation sites (tertiary alicyclic amines) is 1. The number of halogens is 1. The molecule has 1 fully saturated rings. The zero-order valence-corrected chi connectivity index (χ0v) is 14.7. The van der Waals surface area contributed by atoms with Crippen molar-refractivity contribution < 1.29 is 9.47 Å². The normalized spacial score (nSPS) is 19.0. The molecule has 0 amide bonds. The second kappa shape index (κ2) is 8.01. The highest BCUT2D eigenvalue weighted by atomic mass is 79.9. The Morgan fingerprint density at radius 3 is 2.76 bits per heavy atom. The zero-order chi connectivity index (χ0) is 15.2. The molecule has 0 bridgehead atoms. The number of ether oxygens (including phenoxy) is 2. The fraction of sp³-hybridized carbons (Fsp3) is 0.625. The lowest BCUT2D eigenvalue weighted by molar-refractivity contribution is 0.338. The molecule has 21 heavy (non-hydrogen) atoms. The summed E-state index contributed by atoms with van der Waals surface area (Å²) in [7, 11) is 3.32. The Balaban J connectivity index is 1.87. The van der Waals surface area contributed by atoms with Crippen LogP contribution >= 0.6 is 15.9 Å². The van der Waals surface area contributed by atoms with Crippen molar-refractivity contribution in [3.8, 4) is 11.5 Å². The molecule has 1 atom stereocenters. The second-order valence-corrected chi connectivity index (χ2v) is 6.35. The standard InChI is InChI=1S/C16H25BrN2O2/c1-4-19-6-5-12(11-19)9-18-10-13-7-14(17)16(21-3)15(8-13)20-2/h7-8,12,18H,4-6,9-11H2,1-3H3. The van der Waals surface area contributed by atoms with Crippen LogP contribution in [0.2, 0.25) is 0 Å². The first-order valence-corrected chi connectivity index (χ1v) is 8.30. The molecule has 5 heteroatoms. The van der Waals surface area contributed by atoms with Gasteiger partial charge in [0.15, 0.2) is 11.5 Å². The largest absolute Gasteiger partial charge is 0.493 e. The second-order valence-electron chi connectivity index (χ2n) is 5.49. The average Bonchev–Trinajstić information content (AvgIpc) is 2.94. The highest BCUT2D eigenvalue weighted by Crippen LogP contribution is 2.36. The topological polar surface area (TPSA) is 33.7 Å². The molecule has 1 aliphatic rings. The first-order valence-electron chi connectivity index (χ1n) is 7.51. The SMILES string of the molecule is CCN1CCC(CNCc2cc(Br)c(OC)c(OC)c2)C1. The molecule has 4 nitrogen and oxygen atoms in total. The van der Waals surface area contributed by atoms with E-state index in [1.807, 2.05) is 6.07 Å². The summed E-state index contributed by atoms with van der Waals surface area (Å²) in [6, 6.07) is 4.12. The van der Waals surface area contributed by atoms with Crippen molar-refractivity contribution in [1.29, 1.82) is 0 Å². The third-order valence-electron chi connectivity index (χ3n) is 4.07. The summed E-state index contributed by atoms with van der Waals surface area (Å²) in [5.74, 6) is 2.28. The molecule has 0 radical (unpaired) electrons. The predicted octanol–water partition coefficient (Wildman–Crippen LogP) is 2.90. The molecule has 1 saturated heterocycles. The molecule has 118 valence electrons. The maximum absolute atomic E-state index is 5.38. The quantitative estimate of drug-likeness (QED) is 0.814. The van der Waals surface area contributed by atoms with Crippen LogP contribution in [0.25, 0.3) is 0 Å². The summed E-state index contributed by atoms with van der Waals surface area (Å²) in [5, 5.41) is 3.56. The Morgan fingerprint density at radius 1 is 1.33 bits per heavy atom. The van der Waals surface area contributed by atoms with Gasteiger partial charge in [0.05, 0.1) is 18.7 Å². The number of rotatable bonds is 7. The lowest BCUT2D eigenvalue weighted by Gasteiger charge is -2.15. The van der Waals surface area contributed by atoms with Crippen molar-refractivity contribution in [2.75, 3.05) is 40.4 Å². The fourth-order valence-electron chi connectivity index (χ4n) is 2.86. The maximum atomic E-state index is 5.38. The molecule has 1 aromatic rings. The Labute approximate surface area is 135 Å². The summed E-state index contributed by atoms with van der Waals surface area (Å²) in [6.45, 7) is 7.78. The van der Waals surface area contributed by atoms with E-state index in [4.69, 9.17) is 9.47 Å². The molecular weight excluding hydrogens is 332 g/mol. The van der Waals surface area contributed by atoms with E-state index in [0.717, 1.165) is 35.0 Å². The average molecular weight is 357 g/mol. The van der Waals surface area contributed by atoms with Crippen LogP contribution in [0, 0.1) is 5.92 Å². The number of hydrogen-bond acceptors (Lipinski definition) is 4. The van der Waals surface area contributed by atoms with Crippen LogP contribution in [-0.2, 0) is 6.54 Å². The molecule has 1 N–H and O–H groups in total. The van der Waals surface area contributed by atoms with Gasteiger partial charge >= 0.3 is 0 Å². The van der Waals surface area contributed by atoms with Crippen molar-refractivity contribution in [3.63, 3.8) is 0 Å². The van der Waals surface area contributed by atoms with Crippen LogP contribution in [0.3, 0.4) is 0 Å². The van der Waals surface area contributed by atoms with Gasteiger partial charge in [-0.2, -0.15) is 0 Å². The van der Waals surface area contributed by atoms with Gasteiger partial charge in [0.25, 0.3) is 0 Å². The van der Waals surface area contributed by atoms with Gasteiger partial charge in [0.2, 0.25) is 0 Å². The van der Waals surface area contributed by atoms with Crippen molar-refractivity contribution >= 4 is 15.9 Å². The summed E-state index contributed by atoms with van der Waals surface area (Å²) < 4.78 is 11.6. The van der Waals surface area contributed by atoms with Crippen molar-refractivity contribution in [3.05, 3.63) is 22.2 Å². The summed E-state index contributed by atoms with van der Waals surface area (Å²) >= 11 is 3.53. The minimum atomic E-state index is 0.746. The van der Waals surface area contributed by atoms with Crippen molar-refractivity contribution in [2.45, 2.75) is 19.9 Å². The van der Waals surface area contributed by atoms with E-state index < -0.39 is 0 Å². The lowest BCUT2D eigenvalue weighted by atomic mass is 10.1. The number of nitrogens with zero attached hydrogens (tertiary/aromatic N) is 1. The fourth-order valence-corrected chi connectivity index (χ4v) is 3.51. The third-order valence-corrected chi connectivity index (χ3v) is 4.66. The van der Waals surface area contributed by atoms with Gasteiger partial charge in [0.1, 0.15) is 0 Å². The minimum Gasteiger partial charge on any atom is -0.493 e. The van der Waals surface area contributed by atoms with Crippen molar-refractivity contribution in [1.82, 2.24) is 10.2 Å². The molecule has 1 unspecified atom stereocenters. The van der Waals surface area contributed by atoms with Gasteiger partial charge in [-0.25, -0.2) is 0 Å². The van der Waals surface area contributed by atoms with Gasteiger partial charge in [-0.05, 0) is 65.6 Å². The van der Waals surface area contributed by atoms with E-state index in [0.29, 0.717) is 0 Å². The first kappa shape index (κ1) is 16.6. The highest BCUT2D eigenvalue weighted by molar-refractivity contribution is 9.10. The summed E-state index contributed by atoms with van der Waals surface area (Å²) in [6.07, 6.45) is 1.30. The molecule has 2 rings (SSSR count). The Hall–Kier alpha value is -0.780. The number of nitrogens with one attached hydrogen (secondary N) is 1. The van der Waals surface area contributed by atoms with Crippen LogP contribution in [0.15, 0.2) is 16.6 Å². The molecule has 0 saturated carbocycles. The van der Waals surface area contributed by atoms with E-state index in [-0.39, 0.29) is 0 Å². The number of benzene rings is 1. The van der Waals surface area contributed by atoms with E-state index in [1.165, 1.54) is 31.6 Å². The number of methoxy groups -OCH3 is 2. The Kier molecular flexibility index (Phi) is 6.33. The molecule has 0 spiro atoms. The van der Waals surface area contributed by atoms with Crippen molar-refractivity contribution in [2.24, 2.45) is 5.92 Å². The molecule has 1 aliphatic heterocycles. The Morgan fingerprint density at radius 2 is 2.14 bits per heavy atom. The lowest BCUT2D eigenvalue weighted by Crippen LogP contribution is -2.26. The van der Waals surface area contributed by atoms with E-state index >= 15 is 0 Å². The zero-order valence-electron chi connectivity index (χ0n) is 13.1. The monoisotopic (exact) mass is 356 g/mol. The minimum absolute atomic E-state index is 0.746. The van der Waals surface area contributed by atoms with Crippen LogP contribution in [0.4, 0.5) is 0 Å². The van der Waals surface area contributed by atoms with Crippen LogP contribution < -0.4 is 14.8 Å². The predicted molar refractivity (Wildman–Crippen MR) is 89.2 cm³/mol. The van der Waals surface area contributed by atoms with Gasteiger partial charge in [-0.1, -0.05) is 6.92 Å². The molecule has 1 heterocycles. The third kappa shape index (κ3) is 4.34. The van der Waals surface area contributed by atoms with Crippen LogP contribution in [-0.4, -0.2) is 45.3 Å². The van der Waals surface area contributed by atoms with E-state index in [9.17, 15) is 0 Å². The van der Waals surface area contributed by atoms with Gasteiger partial charge in [0, 0.05) is 13.1 Å². The van der Waals surface area contributed by atoms with E-state index in [2.05, 4.69) is 39.1 Å².